The van der Waals surface area contributed by atoms with E-state index in [-0.39, 0.29) is 24.8 Å². The number of halogens is 2. The number of ether oxygens (including phenoxy) is 1. The highest BCUT2D eigenvalue weighted by atomic mass is 35.5. The number of nitrogens with zero attached hydrogens (tertiary/aromatic N) is 1. The van der Waals surface area contributed by atoms with Crippen LogP contribution in [-0.4, -0.2) is 26.2 Å². The zero-order valence-corrected chi connectivity index (χ0v) is 18.1. The fourth-order valence-electron chi connectivity index (χ4n) is 3.88. The van der Waals surface area contributed by atoms with Gasteiger partial charge in [-0.2, -0.15) is 0 Å². The number of rotatable bonds is 7. The zero-order chi connectivity index (χ0) is 17.6. The Morgan fingerprint density at radius 3 is 2.19 bits per heavy atom. The van der Waals surface area contributed by atoms with Crippen molar-refractivity contribution >= 4 is 30.5 Å². The van der Waals surface area contributed by atoms with Crippen LogP contribution in [0.4, 0.5) is 5.69 Å². The minimum atomic E-state index is 0. The molecule has 1 saturated carbocycles. The molecule has 0 aliphatic heterocycles. The van der Waals surface area contributed by atoms with Crippen LogP contribution in [0.3, 0.4) is 0 Å². The van der Waals surface area contributed by atoms with Crippen molar-refractivity contribution in [1.29, 1.82) is 0 Å². The van der Waals surface area contributed by atoms with Crippen molar-refractivity contribution in [1.82, 2.24) is 5.32 Å². The summed E-state index contributed by atoms with van der Waals surface area (Å²) >= 11 is 0. The van der Waals surface area contributed by atoms with E-state index in [0.717, 1.165) is 11.4 Å². The lowest BCUT2D eigenvalue weighted by Gasteiger charge is -2.36. The number of likely N-dealkylation sites (N-methyl/N-ethyl adjacent to an activating group) is 1. The molecule has 1 aliphatic carbocycles. The van der Waals surface area contributed by atoms with Gasteiger partial charge in [-0.1, -0.05) is 55.3 Å². The smallest absolute Gasteiger partial charge is 0.142 e. The SMILES string of the molecule is COc1ccccc1N(C)C(C)C(NC1CCCC1)c1ccccc1.Cl.Cl. The first kappa shape index (κ1) is 23.6. The second-order valence-electron chi connectivity index (χ2n) is 7.06. The maximum absolute atomic E-state index is 5.57. The lowest BCUT2D eigenvalue weighted by molar-refractivity contribution is 0.383. The van der Waals surface area contributed by atoms with Gasteiger partial charge in [0.1, 0.15) is 5.75 Å². The average molecular weight is 411 g/mol. The first-order valence-electron chi connectivity index (χ1n) is 9.37. The van der Waals surface area contributed by atoms with Crippen LogP contribution >= 0.6 is 24.8 Å². The van der Waals surface area contributed by atoms with Crippen molar-refractivity contribution in [3.8, 4) is 5.75 Å². The van der Waals surface area contributed by atoms with E-state index in [0.29, 0.717) is 18.1 Å². The minimum Gasteiger partial charge on any atom is -0.495 e. The molecule has 0 spiro atoms. The molecule has 1 N–H and O–H groups in total. The van der Waals surface area contributed by atoms with Crippen molar-refractivity contribution in [2.75, 3.05) is 19.1 Å². The summed E-state index contributed by atoms with van der Waals surface area (Å²) in [6.45, 7) is 2.30. The number of para-hydroxylation sites is 2. The summed E-state index contributed by atoms with van der Waals surface area (Å²) in [5.41, 5.74) is 2.48. The predicted octanol–water partition coefficient (Wildman–Crippen LogP) is 5.64. The fraction of sp³-hybridized carbons (Fsp3) is 0.455. The lowest BCUT2D eigenvalue weighted by atomic mass is 9.97. The molecule has 27 heavy (non-hydrogen) atoms. The molecule has 0 bridgehead atoms. The molecule has 0 saturated heterocycles. The quantitative estimate of drug-likeness (QED) is 0.639. The highest BCUT2D eigenvalue weighted by molar-refractivity contribution is 5.85. The Hall–Kier alpha value is -1.42. The van der Waals surface area contributed by atoms with E-state index in [1.165, 1.54) is 31.2 Å². The van der Waals surface area contributed by atoms with Gasteiger partial charge in [-0.05, 0) is 37.5 Å². The zero-order valence-electron chi connectivity index (χ0n) is 16.4. The van der Waals surface area contributed by atoms with Crippen LogP contribution in [-0.2, 0) is 0 Å². The van der Waals surface area contributed by atoms with Crippen molar-refractivity contribution in [3.05, 3.63) is 60.2 Å². The van der Waals surface area contributed by atoms with E-state index in [9.17, 15) is 0 Å². The van der Waals surface area contributed by atoms with Crippen LogP contribution in [0, 0.1) is 0 Å². The lowest BCUT2D eigenvalue weighted by Crippen LogP contribution is -2.44. The minimum absolute atomic E-state index is 0. The molecule has 0 radical (unpaired) electrons. The number of methoxy groups -OCH3 is 1. The molecule has 1 aliphatic rings. The first-order valence-corrected chi connectivity index (χ1v) is 9.37. The van der Waals surface area contributed by atoms with Crippen LogP contribution in [0.25, 0.3) is 0 Å². The van der Waals surface area contributed by atoms with Crippen molar-refractivity contribution in [3.63, 3.8) is 0 Å². The number of anilines is 1. The second kappa shape index (κ2) is 11.4. The van der Waals surface area contributed by atoms with Gasteiger partial charge in [0, 0.05) is 19.1 Å². The standard InChI is InChI=1S/C22H30N2O.2ClH/c1-17(24(2)20-15-9-10-16-21(20)25-3)22(18-11-5-4-6-12-18)23-19-13-7-8-14-19;;/h4-6,9-12,15-17,19,22-23H,7-8,13-14H2,1-3H3;2*1H. The van der Waals surface area contributed by atoms with E-state index >= 15 is 0 Å². The summed E-state index contributed by atoms with van der Waals surface area (Å²) in [6.07, 6.45) is 5.26. The summed E-state index contributed by atoms with van der Waals surface area (Å²) in [4.78, 5) is 2.33. The van der Waals surface area contributed by atoms with Crippen LogP contribution in [0.5, 0.6) is 5.75 Å². The number of hydrogen-bond donors (Lipinski definition) is 1. The van der Waals surface area contributed by atoms with Crippen LogP contribution < -0.4 is 15.0 Å². The molecular weight excluding hydrogens is 379 g/mol. The third-order valence-corrected chi connectivity index (χ3v) is 5.49. The van der Waals surface area contributed by atoms with Crippen molar-refractivity contribution in [2.45, 2.75) is 50.7 Å². The summed E-state index contributed by atoms with van der Waals surface area (Å²) in [6, 6.07) is 20.3. The third kappa shape index (κ3) is 5.78. The van der Waals surface area contributed by atoms with Crippen LogP contribution in [0.2, 0.25) is 0 Å². The van der Waals surface area contributed by atoms with Gasteiger partial charge in [-0.15, -0.1) is 24.8 Å². The molecule has 0 heterocycles. The van der Waals surface area contributed by atoms with Gasteiger partial charge in [0.25, 0.3) is 0 Å². The molecule has 3 rings (SSSR count). The van der Waals surface area contributed by atoms with Gasteiger partial charge < -0.3 is 15.0 Å². The van der Waals surface area contributed by atoms with E-state index < -0.39 is 0 Å². The summed E-state index contributed by atoms with van der Waals surface area (Å²) in [5, 5.41) is 3.94. The van der Waals surface area contributed by atoms with Gasteiger partial charge in [-0.25, -0.2) is 0 Å². The Bertz CT molecular complexity index is 662. The van der Waals surface area contributed by atoms with Gasteiger partial charge in [-0.3, -0.25) is 0 Å². The maximum atomic E-state index is 5.57. The molecule has 2 atom stereocenters. The Kier molecular flexibility index (Phi) is 10.00. The molecule has 1 fully saturated rings. The molecule has 0 amide bonds. The monoisotopic (exact) mass is 410 g/mol. The van der Waals surface area contributed by atoms with E-state index in [2.05, 4.69) is 66.7 Å². The Morgan fingerprint density at radius 2 is 1.56 bits per heavy atom. The molecule has 5 heteroatoms. The largest absolute Gasteiger partial charge is 0.495 e. The molecule has 150 valence electrons. The van der Waals surface area contributed by atoms with Crippen LogP contribution in [0.15, 0.2) is 54.6 Å². The molecule has 0 aromatic heterocycles. The molecule has 3 nitrogen and oxygen atoms in total. The van der Waals surface area contributed by atoms with Crippen molar-refractivity contribution < 1.29 is 4.74 Å². The summed E-state index contributed by atoms with van der Waals surface area (Å²) in [7, 11) is 3.90. The Morgan fingerprint density at radius 1 is 0.963 bits per heavy atom. The van der Waals surface area contributed by atoms with Crippen molar-refractivity contribution in [2.24, 2.45) is 0 Å². The maximum Gasteiger partial charge on any atom is 0.142 e. The highest BCUT2D eigenvalue weighted by Gasteiger charge is 2.27. The number of nitrogens with one attached hydrogen (secondary N) is 1. The van der Waals surface area contributed by atoms with Gasteiger partial charge in [0.15, 0.2) is 0 Å². The Balaban J connectivity index is 0.00000182. The Labute approximate surface area is 176 Å². The normalized spacial score (nSPS) is 16.0. The number of benzene rings is 2. The first-order chi connectivity index (χ1) is 12.2. The molecule has 2 aromatic rings. The second-order valence-corrected chi connectivity index (χ2v) is 7.06. The van der Waals surface area contributed by atoms with E-state index in [1.807, 2.05) is 12.1 Å². The van der Waals surface area contributed by atoms with Gasteiger partial charge in [0.05, 0.1) is 18.8 Å². The fourth-order valence-corrected chi connectivity index (χ4v) is 3.88. The van der Waals surface area contributed by atoms with E-state index in [1.54, 1.807) is 7.11 Å². The molecular formula is C22H32Cl2N2O. The van der Waals surface area contributed by atoms with E-state index in [4.69, 9.17) is 4.74 Å². The number of hydrogen-bond acceptors (Lipinski definition) is 3. The molecule has 2 aromatic carbocycles. The molecule has 2 unspecified atom stereocenters. The summed E-state index contributed by atoms with van der Waals surface area (Å²) in [5.74, 6) is 0.921. The predicted molar refractivity (Wildman–Crippen MR) is 120 cm³/mol. The topological polar surface area (TPSA) is 24.5 Å². The van der Waals surface area contributed by atoms with Gasteiger partial charge >= 0.3 is 0 Å². The highest BCUT2D eigenvalue weighted by Crippen LogP contribution is 2.32. The third-order valence-electron chi connectivity index (χ3n) is 5.49. The summed E-state index contributed by atoms with van der Waals surface area (Å²) < 4.78 is 5.57. The van der Waals surface area contributed by atoms with Crippen LogP contribution in [0.1, 0.15) is 44.2 Å². The van der Waals surface area contributed by atoms with Gasteiger partial charge in [0.2, 0.25) is 0 Å². The average Bonchev–Trinajstić information content (AvgIpc) is 3.19.